The predicted octanol–water partition coefficient (Wildman–Crippen LogP) is 6.46. The third-order valence-electron chi connectivity index (χ3n) is 7.47. The van der Waals surface area contributed by atoms with Crippen molar-refractivity contribution >= 4 is 11.8 Å². The van der Waals surface area contributed by atoms with Gasteiger partial charge in [0, 0.05) is 0 Å². The zero-order chi connectivity index (χ0) is 25.5. The lowest BCUT2D eigenvalue weighted by molar-refractivity contribution is -0.0690. The number of hydrogen-bond acceptors (Lipinski definition) is 4. The first-order valence-electron chi connectivity index (χ1n) is 12.7. The number of hydrogen-bond donors (Lipinski definition) is 0. The number of nitrogens with zero attached hydrogens (tertiary/aromatic N) is 1. The minimum absolute atomic E-state index is 0.177. The van der Waals surface area contributed by atoms with Crippen LogP contribution in [0, 0.1) is 16.7 Å². The SMILES string of the molecule is CC(OCCN1C(=O)c2ccccc2C1=O)Oc1ccc2c(c1)CCC(C(C)(C)C)C2C(C)(C)C. The third-order valence-corrected chi connectivity index (χ3v) is 7.47. The van der Waals surface area contributed by atoms with Gasteiger partial charge < -0.3 is 9.47 Å². The quantitative estimate of drug-likeness (QED) is 0.354. The Morgan fingerprint density at radius 2 is 1.57 bits per heavy atom. The van der Waals surface area contributed by atoms with Crippen molar-refractivity contribution in [3.8, 4) is 5.75 Å². The van der Waals surface area contributed by atoms with Crippen LogP contribution in [-0.4, -0.2) is 36.2 Å². The van der Waals surface area contributed by atoms with Crippen LogP contribution in [0.5, 0.6) is 5.75 Å². The highest BCUT2D eigenvalue weighted by Crippen LogP contribution is 2.53. The molecule has 0 N–H and O–H groups in total. The molecule has 5 heteroatoms. The number of carbonyl (C=O) groups excluding carboxylic acids is 2. The molecule has 188 valence electrons. The van der Waals surface area contributed by atoms with Crippen LogP contribution in [-0.2, 0) is 11.2 Å². The highest BCUT2D eigenvalue weighted by atomic mass is 16.7. The van der Waals surface area contributed by atoms with Crippen LogP contribution in [0.4, 0.5) is 0 Å². The number of amides is 2. The van der Waals surface area contributed by atoms with Crippen molar-refractivity contribution < 1.29 is 19.1 Å². The predicted molar refractivity (Wildman–Crippen MR) is 138 cm³/mol. The Hall–Kier alpha value is -2.66. The van der Waals surface area contributed by atoms with Gasteiger partial charge in [0.2, 0.25) is 0 Å². The molecule has 4 rings (SSSR count). The van der Waals surface area contributed by atoms with Gasteiger partial charge in [0.15, 0.2) is 6.29 Å². The molecule has 1 aliphatic carbocycles. The van der Waals surface area contributed by atoms with Gasteiger partial charge in [-0.2, -0.15) is 0 Å². The fourth-order valence-electron chi connectivity index (χ4n) is 5.85. The van der Waals surface area contributed by atoms with Gasteiger partial charge in [-0.1, -0.05) is 59.7 Å². The average Bonchev–Trinajstić information content (AvgIpc) is 3.02. The van der Waals surface area contributed by atoms with Crippen LogP contribution in [0.3, 0.4) is 0 Å². The van der Waals surface area contributed by atoms with E-state index in [4.69, 9.17) is 9.47 Å². The van der Waals surface area contributed by atoms with E-state index in [9.17, 15) is 9.59 Å². The maximum Gasteiger partial charge on any atom is 0.261 e. The van der Waals surface area contributed by atoms with Gasteiger partial charge in [0.05, 0.1) is 24.3 Å². The van der Waals surface area contributed by atoms with Crippen molar-refractivity contribution in [1.82, 2.24) is 4.90 Å². The van der Waals surface area contributed by atoms with Gasteiger partial charge in [-0.05, 0) is 77.8 Å². The molecule has 5 nitrogen and oxygen atoms in total. The van der Waals surface area contributed by atoms with E-state index in [1.807, 2.05) is 13.0 Å². The van der Waals surface area contributed by atoms with E-state index in [1.165, 1.54) is 22.4 Å². The number of imide groups is 1. The molecular weight excluding hydrogens is 438 g/mol. The molecule has 0 saturated heterocycles. The molecule has 0 radical (unpaired) electrons. The molecule has 3 atom stereocenters. The van der Waals surface area contributed by atoms with Crippen LogP contribution in [0.1, 0.15) is 92.6 Å². The smallest absolute Gasteiger partial charge is 0.261 e. The second kappa shape index (κ2) is 9.42. The molecule has 2 amide bonds. The molecule has 0 bridgehead atoms. The highest BCUT2D eigenvalue weighted by molar-refractivity contribution is 6.21. The Labute approximate surface area is 209 Å². The summed E-state index contributed by atoms with van der Waals surface area (Å²) in [4.78, 5) is 26.3. The standard InChI is InChI=1S/C30H39NO4/c1-19(34-17-16-31-27(32)23-10-8-9-11-24(23)28(31)33)35-21-13-14-22-20(18-21)12-15-25(29(2,3)4)26(22)30(5,6)7/h8-11,13-14,18-19,25-26H,12,15-17H2,1-7H3. The van der Waals surface area contributed by atoms with Crippen molar-refractivity contribution in [3.05, 3.63) is 64.7 Å². The molecular formula is C30H39NO4. The zero-order valence-electron chi connectivity index (χ0n) is 22.2. The Kier molecular flexibility index (Phi) is 6.85. The first kappa shape index (κ1) is 25.4. The number of fused-ring (bicyclic) bond motifs is 2. The van der Waals surface area contributed by atoms with Crippen molar-refractivity contribution in [2.24, 2.45) is 16.7 Å². The second-order valence-electron chi connectivity index (χ2n) is 12.1. The van der Waals surface area contributed by atoms with Gasteiger partial charge in [-0.15, -0.1) is 0 Å². The molecule has 0 saturated carbocycles. The summed E-state index contributed by atoms with van der Waals surface area (Å²) in [6.45, 7) is 16.4. The summed E-state index contributed by atoms with van der Waals surface area (Å²) in [7, 11) is 0. The van der Waals surface area contributed by atoms with E-state index in [0.29, 0.717) is 23.0 Å². The number of benzene rings is 2. The van der Waals surface area contributed by atoms with Crippen molar-refractivity contribution in [2.75, 3.05) is 13.2 Å². The molecule has 0 fully saturated rings. The Balaban J connectivity index is 1.38. The van der Waals surface area contributed by atoms with Crippen LogP contribution in [0.15, 0.2) is 42.5 Å². The number of ether oxygens (including phenoxy) is 2. The van der Waals surface area contributed by atoms with E-state index in [-0.39, 0.29) is 35.8 Å². The number of aryl methyl sites for hydroxylation is 1. The monoisotopic (exact) mass is 477 g/mol. The van der Waals surface area contributed by atoms with Crippen molar-refractivity contribution in [3.63, 3.8) is 0 Å². The van der Waals surface area contributed by atoms with Gasteiger partial charge >= 0.3 is 0 Å². The Bertz CT molecular complexity index is 1070. The molecule has 3 unspecified atom stereocenters. The van der Waals surface area contributed by atoms with E-state index < -0.39 is 6.29 Å². The van der Waals surface area contributed by atoms with Crippen molar-refractivity contribution in [1.29, 1.82) is 0 Å². The van der Waals surface area contributed by atoms with E-state index in [0.717, 1.165) is 12.2 Å². The first-order valence-corrected chi connectivity index (χ1v) is 12.7. The summed E-state index contributed by atoms with van der Waals surface area (Å²) in [5.41, 5.74) is 4.15. The fraction of sp³-hybridized carbons (Fsp3) is 0.533. The largest absolute Gasteiger partial charge is 0.465 e. The molecule has 35 heavy (non-hydrogen) atoms. The summed E-state index contributed by atoms with van der Waals surface area (Å²) < 4.78 is 11.9. The summed E-state index contributed by atoms with van der Waals surface area (Å²) in [6.07, 6.45) is 1.73. The first-order chi connectivity index (χ1) is 16.4. The lowest BCUT2D eigenvalue weighted by Gasteiger charge is -2.47. The maximum absolute atomic E-state index is 12.5. The molecule has 2 aliphatic rings. The molecule has 0 spiro atoms. The van der Waals surface area contributed by atoms with Crippen LogP contribution < -0.4 is 4.74 Å². The Morgan fingerprint density at radius 1 is 0.943 bits per heavy atom. The normalized spacial score (nSPS) is 21.1. The minimum atomic E-state index is -0.493. The lowest BCUT2D eigenvalue weighted by Crippen LogP contribution is -2.37. The van der Waals surface area contributed by atoms with E-state index >= 15 is 0 Å². The van der Waals surface area contributed by atoms with Crippen LogP contribution in [0.2, 0.25) is 0 Å². The average molecular weight is 478 g/mol. The zero-order valence-corrected chi connectivity index (χ0v) is 22.2. The van der Waals surface area contributed by atoms with Gasteiger partial charge in [-0.3, -0.25) is 14.5 Å². The van der Waals surface area contributed by atoms with Crippen LogP contribution >= 0.6 is 0 Å². The molecule has 0 aromatic heterocycles. The summed E-state index contributed by atoms with van der Waals surface area (Å²) in [5, 5.41) is 0. The van der Waals surface area contributed by atoms with E-state index in [1.54, 1.807) is 24.3 Å². The van der Waals surface area contributed by atoms with Gasteiger partial charge in [0.1, 0.15) is 5.75 Å². The topological polar surface area (TPSA) is 55.8 Å². The number of rotatable bonds is 6. The Morgan fingerprint density at radius 3 is 2.14 bits per heavy atom. The molecule has 1 heterocycles. The van der Waals surface area contributed by atoms with Gasteiger partial charge in [0.25, 0.3) is 11.8 Å². The molecule has 1 aliphatic heterocycles. The maximum atomic E-state index is 12.5. The van der Waals surface area contributed by atoms with Crippen molar-refractivity contribution in [2.45, 2.75) is 73.5 Å². The molecule has 2 aromatic carbocycles. The lowest BCUT2D eigenvalue weighted by atomic mass is 9.57. The van der Waals surface area contributed by atoms with E-state index in [2.05, 4.69) is 53.7 Å². The second-order valence-corrected chi connectivity index (χ2v) is 12.1. The third kappa shape index (κ3) is 5.16. The summed E-state index contributed by atoms with van der Waals surface area (Å²) in [5.74, 6) is 1.39. The fourth-order valence-corrected chi connectivity index (χ4v) is 5.85. The molecule has 2 aromatic rings. The summed E-state index contributed by atoms with van der Waals surface area (Å²) >= 11 is 0. The highest BCUT2D eigenvalue weighted by Gasteiger charge is 2.42. The van der Waals surface area contributed by atoms with Gasteiger partial charge in [-0.25, -0.2) is 0 Å². The minimum Gasteiger partial charge on any atom is -0.465 e. The summed E-state index contributed by atoms with van der Waals surface area (Å²) in [6, 6.07) is 13.4. The van der Waals surface area contributed by atoms with Crippen LogP contribution in [0.25, 0.3) is 0 Å². The number of carbonyl (C=O) groups is 2.